The second-order valence-corrected chi connectivity index (χ2v) is 8.53. The summed E-state index contributed by atoms with van der Waals surface area (Å²) in [7, 11) is 0. The highest BCUT2D eigenvalue weighted by Crippen LogP contribution is 2.29. The van der Waals surface area contributed by atoms with Crippen molar-refractivity contribution < 1.29 is 0 Å². The Morgan fingerprint density at radius 2 is 1.52 bits per heavy atom. The average molecular weight is 383 g/mol. The van der Waals surface area contributed by atoms with Crippen LogP contribution in [-0.2, 0) is 13.0 Å². The van der Waals surface area contributed by atoms with Gasteiger partial charge in [-0.05, 0) is 53.6 Å². The predicted molar refractivity (Wildman–Crippen MR) is 123 cm³/mol. The van der Waals surface area contributed by atoms with Crippen molar-refractivity contribution in [3.8, 4) is 0 Å². The van der Waals surface area contributed by atoms with E-state index in [0.29, 0.717) is 5.92 Å². The van der Waals surface area contributed by atoms with E-state index >= 15 is 0 Å². The number of fused-ring (bicyclic) bond motifs is 1. The molecule has 1 heterocycles. The molecule has 4 aromatic rings. The molecule has 0 aliphatic carbocycles. The molecule has 2 heteroatoms. The Morgan fingerprint density at radius 3 is 2.24 bits per heavy atom. The van der Waals surface area contributed by atoms with Crippen LogP contribution in [0.4, 0.5) is 0 Å². The number of imidazole rings is 1. The van der Waals surface area contributed by atoms with Gasteiger partial charge in [0, 0.05) is 12.5 Å². The van der Waals surface area contributed by atoms with E-state index in [2.05, 4.69) is 105 Å². The topological polar surface area (TPSA) is 17.8 Å². The van der Waals surface area contributed by atoms with E-state index in [1.807, 2.05) is 0 Å². The van der Waals surface area contributed by atoms with Crippen molar-refractivity contribution in [1.82, 2.24) is 9.55 Å². The zero-order valence-corrected chi connectivity index (χ0v) is 17.9. The summed E-state index contributed by atoms with van der Waals surface area (Å²) >= 11 is 0. The predicted octanol–water partition coefficient (Wildman–Crippen LogP) is 6.74. The first-order valence-electron chi connectivity index (χ1n) is 10.6. The molecule has 148 valence electrons. The highest BCUT2D eigenvalue weighted by molar-refractivity contribution is 5.76. The van der Waals surface area contributed by atoms with Gasteiger partial charge in [0.15, 0.2) is 0 Å². The van der Waals surface area contributed by atoms with Gasteiger partial charge in [-0.1, -0.05) is 81.4 Å². The van der Waals surface area contributed by atoms with Crippen LogP contribution in [0.25, 0.3) is 11.0 Å². The lowest BCUT2D eigenvalue weighted by molar-refractivity contribution is 0.646. The van der Waals surface area contributed by atoms with Crippen LogP contribution in [0.2, 0.25) is 0 Å². The number of rotatable bonds is 6. The van der Waals surface area contributed by atoms with Gasteiger partial charge < -0.3 is 4.57 Å². The second kappa shape index (κ2) is 8.24. The molecule has 1 atom stereocenters. The summed E-state index contributed by atoms with van der Waals surface area (Å²) in [6, 6.07) is 26.2. The van der Waals surface area contributed by atoms with Crippen molar-refractivity contribution in [2.75, 3.05) is 0 Å². The smallest absolute Gasteiger partial charge is 0.117 e. The first-order valence-corrected chi connectivity index (χ1v) is 10.6. The van der Waals surface area contributed by atoms with Crippen molar-refractivity contribution >= 4 is 11.0 Å². The molecule has 0 N–H and O–H groups in total. The van der Waals surface area contributed by atoms with Crippen LogP contribution in [0, 0.1) is 12.8 Å². The summed E-state index contributed by atoms with van der Waals surface area (Å²) in [5.41, 5.74) is 7.66. The van der Waals surface area contributed by atoms with Gasteiger partial charge in [0.05, 0.1) is 11.0 Å². The van der Waals surface area contributed by atoms with Gasteiger partial charge in [-0.2, -0.15) is 0 Å². The number of para-hydroxylation sites is 2. The molecule has 29 heavy (non-hydrogen) atoms. The van der Waals surface area contributed by atoms with E-state index in [4.69, 9.17) is 4.98 Å². The Hall–Kier alpha value is -2.87. The number of aromatic nitrogens is 2. The molecule has 0 bridgehead atoms. The average Bonchev–Trinajstić information content (AvgIpc) is 3.08. The largest absolute Gasteiger partial charge is 0.323 e. The number of hydrogen-bond donors (Lipinski definition) is 0. The van der Waals surface area contributed by atoms with Crippen LogP contribution in [-0.4, -0.2) is 9.55 Å². The van der Waals surface area contributed by atoms with Crippen molar-refractivity contribution in [2.45, 2.75) is 46.6 Å². The molecule has 0 spiro atoms. The highest BCUT2D eigenvalue weighted by Gasteiger charge is 2.19. The van der Waals surface area contributed by atoms with E-state index in [-0.39, 0.29) is 5.92 Å². The third-order valence-electron chi connectivity index (χ3n) is 5.78. The van der Waals surface area contributed by atoms with E-state index in [1.165, 1.54) is 27.8 Å². The SMILES string of the molecule is Cc1ccccc1Cn1c([C@H](C)c2ccc(CC(C)C)cc2)nc2ccccc21. The Kier molecular flexibility index (Phi) is 5.53. The maximum absolute atomic E-state index is 5.05. The monoisotopic (exact) mass is 382 g/mol. The standard InChI is InChI=1S/C27H30N2/c1-19(2)17-22-13-15-23(16-14-22)21(4)27-28-25-11-7-8-12-26(25)29(27)18-24-10-6-5-9-20(24)3/h5-16,19,21H,17-18H2,1-4H3/t21-/m1/s1. The maximum Gasteiger partial charge on any atom is 0.117 e. The molecular formula is C27H30N2. The molecule has 3 aromatic carbocycles. The van der Waals surface area contributed by atoms with Crippen LogP contribution in [0.15, 0.2) is 72.8 Å². The van der Waals surface area contributed by atoms with Crippen molar-refractivity contribution in [3.05, 3.63) is 101 Å². The normalized spacial score (nSPS) is 12.6. The Balaban J connectivity index is 1.74. The minimum absolute atomic E-state index is 0.236. The molecule has 0 saturated heterocycles. The van der Waals surface area contributed by atoms with E-state index < -0.39 is 0 Å². The molecule has 0 saturated carbocycles. The molecule has 0 aliphatic heterocycles. The van der Waals surface area contributed by atoms with Crippen LogP contribution in [0.5, 0.6) is 0 Å². The lowest BCUT2D eigenvalue weighted by Crippen LogP contribution is -2.10. The molecule has 2 nitrogen and oxygen atoms in total. The summed E-state index contributed by atoms with van der Waals surface area (Å²) in [6.45, 7) is 9.84. The quantitative estimate of drug-likeness (QED) is 0.361. The molecule has 0 aliphatic rings. The Bertz CT molecular complexity index is 1100. The lowest BCUT2D eigenvalue weighted by atomic mass is 9.96. The van der Waals surface area contributed by atoms with Gasteiger partial charge in [-0.3, -0.25) is 0 Å². The number of benzene rings is 3. The minimum Gasteiger partial charge on any atom is -0.323 e. The van der Waals surface area contributed by atoms with Gasteiger partial charge in [-0.15, -0.1) is 0 Å². The van der Waals surface area contributed by atoms with Crippen LogP contribution < -0.4 is 0 Å². The zero-order chi connectivity index (χ0) is 20.4. The van der Waals surface area contributed by atoms with Crippen molar-refractivity contribution in [1.29, 1.82) is 0 Å². The third kappa shape index (κ3) is 4.12. The second-order valence-electron chi connectivity index (χ2n) is 8.53. The fraction of sp³-hybridized carbons (Fsp3) is 0.296. The number of aryl methyl sites for hydroxylation is 1. The molecule has 0 radical (unpaired) electrons. The van der Waals surface area contributed by atoms with E-state index in [9.17, 15) is 0 Å². The summed E-state index contributed by atoms with van der Waals surface area (Å²) < 4.78 is 2.39. The first kappa shape index (κ1) is 19.4. The summed E-state index contributed by atoms with van der Waals surface area (Å²) in [5, 5.41) is 0. The maximum atomic E-state index is 5.05. The van der Waals surface area contributed by atoms with E-state index in [0.717, 1.165) is 24.3 Å². The Morgan fingerprint density at radius 1 is 0.828 bits per heavy atom. The molecule has 1 aromatic heterocycles. The molecule has 0 unspecified atom stereocenters. The van der Waals surface area contributed by atoms with Crippen LogP contribution >= 0.6 is 0 Å². The fourth-order valence-electron chi connectivity index (χ4n) is 4.11. The molecule has 0 fully saturated rings. The lowest BCUT2D eigenvalue weighted by Gasteiger charge is -2.17. The number of nitrogens with zero attached hydrogens (tertiary/aromatic N) is 2. The molecule has 0 amide bonds. The minimum atomic E-state index is 0.236. The zero-order valence-electron chi connectivity index (χ0n) is 17.9. The summed E-state index contributed by atoms with van der Waals surface area (Å²) in [5.74, 6) is 2.04. The third-order valence-corrected chi connectivity index (χ3v) is 5.78. The van der Waals surface area contributed by atoms with Crippen molar-refractivity contribution in [2.24, 2.45) is 5.92 Å². The molecule has 4 rings (SSSR count). The van der Waals surface area contributed by atoms with Crippen LogP contribution in [0.1, 0.15) is 54.8 Å². The van der Waals surface area contributed by atoms with Gasteiger partial charge in [0.1, 0.15) is 5.82 Å². The highest BCUT2D eigenvalue weighted by atomic mass is 15.1. The van der Waals surface area contributed by atoms with Gasteiger partial charge in [0.25, 0.3) is 0 Å². The van der Waals surface area contributed by atoms with Gasteiger partial charge in [-0.25, -0.2) is 4.98 Å². The van der Waals surface area contributed by atoms with E-state index in [1.54, 1.807) is 0 Å². The number of hydrogen-bond acceptors (Lipinski definition) is 1. The van der Waals surface area contributed by atoms with Gasteiger partial charge >= 0.3 is 0 Å². The fourth-order valence-corrected chi connectivity index (χ4v) is 4.11. The van der Waals surface area contributed by atoms with Crippen molar-refractivity contribution in [3.63, 3.8) is 0 Å². The Labute approximate surface area is 174 Å². The first-order chi connectivity index (χ1) is 14.0. The summed E-state index contributed by atoms with van der Waals surface area (Å²) in [4.78, 5) is 5.05. The summed E-state index contributed by atoms with van der Waals surface area (Å²) in [6.07, 6.45) is 1.13. The molecular weight excluding hydrogens is 352 g/mol. The van der Waals surface area contributed by atoms with Crippen LogP contribution in [0.3, 0.4) is 0 Å². The van der Waals surface area contributed by atoms with Gasteiger partial charge in [0.2, 0.25) is 0 Å².